The summed E-state index contributed by atoms with van der Waals surface area (Å²) in [5.41, 5.74) is -0.568. The van der Waals surface area contributed by atoms with Gasteiger partial charge in [0.1, 0.15) is 11.5 Å². The average Bonchev–Trinajstić information content (AvgIpc) is 2.80. The Bertz CT molecular complexity index is 1080. The Morgan fingerprint density at radius 3 is 2.34 bits per heavy atom. The largest absolute Gasteiger partial charge is 0.457 e. The van der Waals surface area contributed by atoms with E-state index >= 15 is 0 Å². The van der Waals surface area contributed by atoms with Gasteiger partial charge in [-0.05, 0) is 48.5 Å². The van der Waals surface area contributed by atoms with E-state index in [1.807, 2.05) is 23.1 Å². The van der Waals surface area contributed by atoms with Gasteiger partial charge in [-0.2, -0.15) is 13.2 Å². The molecule has 1 aliphatic heterocycles. The first-order valence-electron chi connectivity index (χ1n) is 10.1. The lowest BCUT2D eigenvalue weighted by molar-refractivity contribution is -0.136. The van der Waals surface area contributed by atoms with Crippen molar-refractivity contribution in [1.82, 2.24) is 0 Å². The van der Waals surface area contributed by atoms with Gasteiger partial charge in [0.15, 0.2) is 0 Å². The van der Waals surface area contributed by atoms with Gasteiger partial charge in [-0.25, -0.2) is 0 Å². The molecule has 3 aromatic carbocycles. The van der Waals surface area contributed by atoms with E-state index in [2.05, 4.69) is 5.32 Å². The van der Waals surface area contributed by atoms with Crippen LogP contribution in [0.25, 0.3) is 0 Å². The molecule has 166 valence electrons. The lowest BCUT2D eigenvalue weighted by Gasteiger charge is -2.29. The fourth-order valence-corrected chi connectivity index (χ4v) is 3.41. The van der Waals surface area contributed by atoms with Crippen LogP contribution in [0.1, 0.15) is 15.9 Å². The Morgan fingerprint density at radius 2 is 1.62 bits per heavy atom. The van der Waals surface area contributed by atoms with E-state index in [-0.39, 0.29) is 11.3 Å². The minimum Gasteiger partial charge on any atom is -0.457 e. The van der Waals surface area contributed by atoms with Gasteiger partial charge in [0.25, 0.3) is 5.91 Å². The highest BCUT2D eigenvalue weighted by molar-refractivity contribution is 6.05. The Hall–Kier alpha value is -3.52. The van der Waals surface area contributed by atoms with Crippen LogP contribution in [-0.4, -0.2) is 32.2 Å². The molecule has 1 saturated heterocycles. The van der Waals surface area contributed by atoms with Crippen molar-refractivity contribution < 1.29 is 27.4 Å². The second-order valence-electron chi connectivity index (χ2n) is 7.22. The number of ether oxygens (including phenoxy) is 2. The molecule has 1 N–H and O–H groups in total. The second-order valence-corrected chi connectivity index (χ2v) is 7.22. The fraction of sp³-hybridized carbons (Fsp3) is 0.208. The number of carbonyl (C=O) groups excluding carboxylic acids is 1. The Labute approximate surface area is 183 Å². The maximum absolute atomic E-state index is 13.7. The summed E-state index contributed by atoms with van der Waals surface area (Å²) < 4.78 is 52.2. The monoisotopic (exact) mass is 442 g/mol. The summed E-state index contributed by atoms with van der Waals surface area (Å²) in [7, 11) is 0. The summed E-state index contributed by atoms with van der Waals surface area (Å²) in [6.45, 7) is 1.94. The molecule has 0 aromatic heterocycles. The number of carbonyl (C=O) groups is 1. The number of rotatable bonds is 5. The normalized spacial score (nSPS) is 14.2. The van der Waals surface area contributed by atoms with Gasteiger partial charge >= 0.3 is 6.18 Å². The zero-order chi connectivity index (χ0) is 22.6. The number of morpholine rings is 1. The van der Waals surface area contributed by atoms with Gasteiger partial charge in [0, 0.05) is 24.3 Å². The van der Waals surface area contributed by atoms with E-state index in [0.29, 0.717) is 43.5 Å². The SMILES string of the molecule is O=C(Nc1ccc(N2CCOCC2)cc1C(F)(F)F)c1cccc(Oc2ccccc2)c1. The van der Waals surface area contributed by atoms with Crippen molar-refractivity contribution in [3.63, 3.8) is 0 Å². The smallest absolute Gasteiger partial charge is 0.418 e. The standard InChI is InChI=1S/C24H21F3N2O3/c25-24(26,27)21-16-18(29-11-13-31-14-12-29)9-10-22(21)28-23(30)17-5-4-8-20(15-17)32-19-6-2-1-3-7-19/h1-10,15-16H,11-14H2,(H,28,30). The zero-order valence-electron chi connectivity index (χ0n) is 17.1. The van der Waals surface area contributed by atoms with Crippen LogP contribution < -0.4 is 15.0 Å². The molecule has 4 rings (SSSR count). The minimum absolute atomic E-state index is 0.184. The fourth-order valence-electron chi connectivity index (χ4n) is 3.41. The molecule has 1 fully saturated rings. The minimum atomic E-state index is -4.62. The lowest BCUT2D eigenvalue weighted by atomic mass is 10.1. The van der Waals surface area contributed by atoms with Crippen molar-refractivity contribution in [2.75, 3.05) is 36.5 Å². The second kappa shape index (κ2) is 9.32. The van der Waals surface area contributed by atoms with Gasteiger partial charge in [-0.3, -0.25) is 4.79 Å². The molecule has 0 atom stereocenters. The highest BCUT2D eigenvalue weighted by Crippen LogP contribution is 2.38. The molecule has 1 aliphatic rings. The molecule has 1 amide bonds. The first kappa shape index (κ1) is 21.7. The van der Waals surface area contributed by atoms with Crippen LogP contribution in [0.15, 0.2) is 72.8 Å². The summed E-state index contributed by atoms with van der Waals surface area (Å²) in [6.07, 6.45) is -4.62. The summed E-state index contributed by atoms with van der Waals surface area (Å²) >= 11 is 0. The molecular weight excluding hydrogens is 421 g/mol. The number of halogens is 3. The van der Waals surface area contributed by atoms with Crippen LogP contribution in [0.4, 0.5) is 24.5 Å². The van der Waals surface area contributed by atoms with E-state index in [4.69, 9.17) is 9.47 Å². The number of anilines is 2. The maximum Gasteiger partial charge on any atom is 0.418 e. The molecule has 32 heavy (non-hydrogen) atoms. The average molecular weight is 442 g/mol. The van der Waals surface area contributed by atoms with E-state index in [9.17, 15) is 18.0 Å². The highest BCUT2D eigenvalue weighted by Gasteiger charge is 2.35. The van der Waals surface area contributed by atoms with Crippen molar-refractivity contribution in [2.45, 2.75) is 6.18 Å². The quantitative estimate of drug-likeness (QED) is 0.560. The number of hydrogen-bond acceptors (Lipinski definition) is 4. The number of nitrogens with one attached hydrogen (secondary N) is 1. The Morgan fingerprint density at radius 1 is 0.906 bits per heavy atom. The first-order chi connectivity index (χ1) is 15.4. The molecule has 3 aromatic rings. The topological polar surface area (TPSA) is 50.8 Å². The van der Waals surface area contributed by atoms with Crippen molar-refractivity contribution in [3.8, 4) is 11.5 Å². The third kappa shape index (κ3) is 5.20. The number of para-hydroxylation sites is 1. The highest BCUT2D eigenvalue weighted by atomic mass is 19.4. The van der Waals surface area contributed by atoms with Crippen molar-refractivity contribution in [1.29, 1.82) is 0 Å². The lowest BCUT2D eigenvalue weighted by Crippen LogP contribution is -2.36. The number of hydrogen-bond donors (Lipinski definition) is 1. The molecule has 0 radical (unpaired) electrons. The predicted molar refractivity (Wildman–Crippen MR) is 115 cm³/mol. The van der Waals surface area contributed by atoms with Gasteiger partial charge in [0.05, 0.1) is 24.5 Å². The molecule has 0 aliphatic carbocycles. The van der Waals surface area contributed by atoms with Crippen LogP contribution in [0.5, 0.6) is 11.5 Å². The molecule has 1 heterocycles. The Balaban J connectivity index is 1.55. The molecule has 0 bridgehead atoms. The van der Waals surface area contributed by atoms with Crippen LogP contribution in [0, 0.1) is 0 Å². The van der Waals surface area contributed by atoms with Crippen LogP contribution in [0.3, 0.4) is 0 Å². The molecule has 8 heteroatoms. The first-order valence-corrected chi connectivity index (χ1v) is 10.1. The number of alkyl halides is 3. The molecule has 0 spiro atoms. The van der Waals surface area contributed by atoms with Crippen molar-refractivity contribution in [2.24, 2.45) is 0 Å². The van der Waals surface area contributed by atoms with Crippen LogP contribution >= 0.6 is 0 Å². The summed E-state index contributed by atoms with van der Waals surface area (Å²) in [5.74, 6) is 0.332. The van der Waals surface area contributed by atoms with Gasteiger partial charge in [0.2, 0.25) is 0 Å². The van der Waals surface area contributed by atoms with E-state index in [1.54, 1.807) is 30.3 Å². The van der Waals surface area contributed by atoms with E-state index < -0.39 is 17.6 Å². The predicted octanol–water partition coefficient (Wildman–Crippen LogP) is 5.59. The Kier molecular flexibility index (Phi) is 6.32. The molecular formula is C24H21F3N2O3. The summed E-state index contributed by atoms with van der Waals surface area (Å²) in [5, 5.41) is 2.40. The number of nitrogens with zero attached hydrogens (tertiary/aromatic N) is 1. The third-order valence-corrected chi connectivity index (χ3v) is 5.01. The van der Waals surface area contributed by atoms with Gasteiger partial charge < -0.3 is 19.7 Å². The molecule has 0 unspecified atom stereocenters. The number of amides is 1. The summed E-state index contributed by atoms with van der Waals surface area (Å²) in [4.78, 5) is 14.6. The zero-order valence-corrected chi connectivity index (χ0v) is 17.1. The van der Waals surface area contributed by atoms with Crippen molar-refractivity contribution in [3.05, 3.63) is 83.9 Å². The third-order valence-electron chi connectivity index (χ3n) is 5.01. The van der Waals surface area contributed by atoms with Gasteiger partial charge in [-0.15, -0.1) is 0 Å². The van der Waals surface area contributed by atoms with Gasteiger partial charge in [-0.1, -0.05) is 24.3 Å². The molecule has 5 nitrogen and oxygen atoms in total. The summed E-state index contributed by atoms with van der Waals surface area (Å²) in [6, 6.07) is 19.2. The van der Waals surface area contributed by atoms with E-state index in [0.717, 1.165) is 6.07 Å². The number of benzene rings is 3. The van der Waals surface area contributed by atoms with E-state index in [1.165, 1.54) is 18.2 Å². The maximum atomic E-state index is 13.7. The van der Waals surface area contributed by atoms with Crippen molar-refractivity contribution >= 4 is 17.3 Å². The van der Waals surface area contributed by atoms with Crippen LogP contribution in [0.2, 0.25) is 0 Å². The molecule has 0 saturated carbocycles. The van der Waals surface area contributed by atoms with Crippen LogP contribution in [-0.2, 0) is 10.9 Å².